The van der Waals surface area contributed by atoms with Gasteiger partial charge in [-0.05, 0) is 61.6 Å². The van der Waals surface area contributed by atoms with Gasteiger partial charge in [0.1, 0.15) is 5.75 Å². The molecule has 0 aliphatic carbocycles. The lowest BCUT2D eigenvalue weighted by atomic mass is 10.1. The van der Waals surface area contributed by atoms with Crippen molar-refractivity contribution in [3.8, 4) is 5.75 Å². The van der Waals surface area contributed by atoms with Gasteiger partial charge in [-0.1, -0.05) is 53.5 Å². The molecule has 1 heterocycles. The second-order valence-corrected chi connectivity index (χ2v) is 9.69. The number of anilines is 2. The van der Waals surface area contributed by atoms with E-state index in [9.17, 15) is 9.59 Å². The first-order valence-corrected chi connectivity index (χ1v) is 12.9. The van der Waals surface area contributed by atoms with Gasteiger partial charge in [-0.2, -0.15) is 0 Å². The molecule has 7 nitrogen and oxygen atoms in total. The SMILES string of the molecule is CC(Oc1ccc(Cl)cc1Cl)C(=O)NC(=S)Nc1ccccc1N1CCN(C(=O)c2ccccc2)CC1. The molecule has 3 aromatic rings. The largest absolute Gasteiger partial charge is 0.479 e. The third-order valence-corrected chi connectivity index (χ3v) is 6.62. The number of carbonyl (C=O) groups is 2. The Kier molecular flexibility index (Phi) is 8.87. The fraction of sp³-hybridized carbons (Fsp3) is 0.222. The van der Waals surface area contributed by atoms with Crippen molar-refractivity contribution in [1.82, 2.24) is 10.2 Å². The van der Waals surface area contributed by atoms with Gasteiger partial charge in [0, 0.05) is 36.8 Å². The van der Waals surface area contributed by atoms with Crippen molar-refractivity contribution in [3.63, 3.8) is 0 Å². The summed E-state index contributed by atoms with van der Waals surface area (Å²) in [5.41, 5.74) is 2.38. The van der Waals surface area contributed by atoms with Crippen molar-refractivity contribution in [2.45, 2.75) is 13.0 Å². The topological polar surface area (TPSA) is 73.9 Å². The summed E-state index contributed by atoms with van der Waals surface area (Å²) >= 11 is 17.4. The lowest BCUT2D eigenvalue weighted by Gasteiger charge is -2.37. The highest BCUT2D eigenvalue weighted by Crippen LogP contribution is 2.29. The lowest BCUT2D eigenvalue weighted by Crippen LogP contribution is -2.49. The zero-order chi connectivity index (χ0) is 26.4. The number of rotatable bonds is 6. The van der Waals surface area contributed by atoms with Crippen molar-refractivity contribution < 1.29 is 14.3 Å². The molecule has 192 valence electrons. The van der Waals surface area contributed by atoms with E-state index >= 15 is 0 Å². The van der Waals surface area contributed by atoms with Gasteiger partial charge >= 0.3 is 0 Å². The normalized spacial score (nSPS) is 14.0. The van der Waals surface area contributed by atoms with Crippen LogP contribution in [0.4, 0.5) is 11.4 Å². The maximum atomic E-state index is 12.8. The second-order valence-electron chi connectivity index (χ2n) is 8.44. The van der Waals surface area contributed by atoms with E-state index in [1.165, 1.54) is 0 Å². The molecule has 0 radical (unpaired) electrons. The Morgan fingerprint density at radius 3 is 2.32 bits per heavy atom. The Labute approximate surface area is 231 Å². The number of amides is 2. The van der Waals surface area contributed by atoms with Crippen LogP contribution < -0.4 is 20.3 Å². The van der Waals surface area contributed by atoms with Gasteiger partial charge in [0.15, 0.2) is 11.2 Å². The molecule has 0 spiro atoms. The molecule has 2 N–H and O–H groups in total. The maximum absolute atomic E-state index is 12.8. The number of carbonyl (C=O) groups excluding carboxylic acids is 2. The third kappa shape index (κ3) is 6.91. The monoisotopic (exact) mass is 556 g/mol. The first-order valence-electron chi connectivity index (χ1n) is 11.7. The molecule has 1 aliphatic heterocycles. The Morgan fingerprint density at radius 2 is 1.62 bits per heavy atom. The molecule has 1 atom stereocenters. The van der Waals surface area contributed by atoms with Crippen molar-refractivity contribution in [3.05, 3.63) is 88.4 Å². The van der Waals surface area contributed by atoms with Crippen LogP contribution >= 0.6 is 35.4 Å². The predicted molar refractivity (Wildman–Crippen MR) is 152 cm³/mol. The highest BCUT2D eigenvalue weighted by molar-refractivity contribution is 7.80. The molecular formula is C27H26Cl2N4O3S. The fourth-order valence-electron chi connectivity index (χ4n) is 3.95. The Hall–Kier alpha value is -3.33. The standard InChI is InChI=1S/C27H26Cl2N4O3S/c1-18(36-24-12-11-20(28)17-21(24)29)25(34)31-27(37)30-22-9-5-6-10-23(22)32-13-15-33(16-14-32)26(35)19-7-3-2-4-8-19/h2-12,17-18H,13-16H2,1H3,(H2,30,31,34,37). The number of para-hydroxylation sites is 2. The van der Waals surface area contributed by atoms with Gasteiger partial charge in [0.05, 0.1) is 16.4 Å². The van der Waals surface area contributed by atoms with Gasteiger partial charge < -0.3 is 19.9 Å². The predicted octanol–water partition coefficient (Wildman–Crippen LogP) is 5.24. The average molecular weight is 558 g/mol. The van der Waals surface area contributed by atoms with Gasteiger partial charge in [0.25, 0.3) is 11.8 Å². The third-order valence-electron chi connectivity index (χ3n) is 5.88. The first kappa shape index (κ1) is 26.7. The van der Waals surface area contributed by atoms with Crippen LogP contribution in [0.15, 0.2) is 72.8 Å². The average Bonchev–Trinajstić information content (AvgIpc) is 2.90. The van der Waals surface area contributed by atoms with Crippen LogP contribution in [0.3, 0.4) is 0 Å². The van der Waals surface area contributed by atoms with Crippen LogP contribution in [0.1, 0.15) is 17.3 Å². The molecule has 3 aromatic carbocycles. The summed E-state index contributed by atoms with van der Waals surface area (Å²) in [5.74, 6) is -0.0383. The minimum atomic E-state index is -0.844. The molecule has 0 bridgehead atoms. The molecular weight excluding hydrogens is 531 g/mol. The molecule has 10 heteroatoms. The summed E-state index contributed by atoms with van der Waals surface area (Å²) < 4.78 is 5.66. The summed E-state index contributed by atoms with van der Waals surface area (Å²) in [6, 6.07) is 21.8. The summed E-state index contributed by atoms with van der Waals surface area (Å²) in [4.78, 5) is 29.5. The molecule has 1 saturated heterocycles. The Bertz CT molecular complexity index is 1280. The van der Waals surface area contributed by atoms with Gasteiger partial charge in [-0.3, -0.25) is 14.9 Å². The minimum absolute atomic E-state index is 0.0341. The Morgan fingerprint density at radius 1 is 0.946 bits per heavy atom. The zero-order valence-corrected chi connectivity index (χ0v) is 22.4. The van der Waals surface area contributed by atoms with Crippen LogP contribution in [0.5, 0.6) is 5.75 Å². The van der Waals surface area contributed by atoms with E-state index in [-0.39, 0.29) is 11.0 Å². The van der Waals surface area contributed by atoms with E-state index in [1.54, 1.807) is 25.1 Å². The second kappa shape index (κ2) is 12.3. The number of nitrogens with one attached hydrogen (secondary N) is 2. The molecule has 4 rings (SSSR count). The maximum Gasteiger partial charge on any atom is 0.266 e. The number of benzene rings is 3. The van der Waals surface area contributed by atoms with E-state index in [1.807, 2.05) is 59.5 Å². The number of halogens is 2. The van der Waals surface area contributed by atoms with Crippen LogP contribution in [0.2, 0.25) is 10.0 Å². The van der Waals surface area contributed by atoms with E-state index in [0.29, 0.717) is 47.5 Å². The molecule has 1 aliphatic rings. The van der Waals surface area contributed by atoms with Gasteiger partial charge in [-0.15, -0.1) is 0 Å². The van der Waals surface area contributed by atoms with E-state index in [2.05, 4.69) is 15.5 Å². The smallest absolute Gasteiger partial charge is 0.266 e. The van der Waals surface area contributed by atoms with Gasteiger partial charge in [0.2, 0.25) is 0 Å². The highest BCUT2D eigenvalue weighted by atomic mass is 35.5. The number of hydrogen-bond acceptors (Lipinski definition) is 5. The summed E-state index contributed by atoms with van der Waals surface area (Å²) in [5, 5.41) is 6.71. The molecule has 0 aromatic heterocycles. The molecule has 2 amide bonds. The van der Waals surface area contributed by atoms with Gasteiger partial charge in [-0.25, -0.2) is 0 Å². The minimum Gasteiger partial charge on any atom is -0.479 e. The number of piperazine rings is 1. The van der Waals surface area contributed by atoms with Crippen LogP contribution in [-0.2, 0) is 4.79 Å². The summed E-state index contributed by atoms with van der Waals surface area (Å²) in [6.45, 7) is 4.15. The fourth-order valence-corrected chi connectivity index (χ4v) is 4.61. The summed E-state index contributed by atoms with van der Waals surface area (Å²) in [6.07, 6.45) is -0.844. The number of nitrogens with zero attached hydrogens (tertiary/aromatic N) is 2. The molecule has 1 fully saturated rings. The van der Waals surface area contributed by atoms with E-state index < -0.39 is 12.0 Å². The highest BCUT2D eigenvalue weighted by Gasteiger charge is 2.24. The zero-order valence-electron chi connectivity index (χ0n) is 20.1. The van der Waals surface area contributed by atoms with Crippen LogP contribution in [0, 0.1) is 0 Å². The van der Waals surface area contributed by atoms with Crippen LogP contribution in [-0.4, -0.2) is 54.1 Å². The van der Waals surface area contributed by atoms with Crippen molar-refractivity contribution in [2.24, 2.45) is 0 Å². The van der Waals surface area contributed by atoms with E-state index in [4.69, 9.17) is 40.2 Å². The van der Waals surface area contributed by atoms with Crippen molar-refractivity contribution in [1.29, 1.82) is 0 Å². The molecule has 37 heavy (non-hydrogen) atoms. The van der Waals surface area contributed by atoms with Crippen molar-refractivity contribution in [2.75, 3.05) is 36.4 Å². The molecule has 1 unspecified atom stereocenters. The summed E-state index contributed by atoms with van der Waals surface area (Å²) in [7, 11) is 0. The lowest BCUT2D eigenvalue weighted by molar-refractivity contribution is -0.125. The number of ether oxygens (including phenoxy) is 1. The molecule has 0 saturated carbocycles. The Balaban J connectivity index is 1.33. The number of thiocarbonyl (C=S) groups is 1. The number of hydrogen-bond donors (Lipinski definition) is 2. The van der Waals surface area contributed by atoms with Crippen molar-refractivity contribution >= 4 is 63.7 Å². The van der Waals surface area contributed by atoms with Crippen LogP contribution in [0.25, 0.3) is 0 Å². The first-order chi connectivity index (χ1) is 17.8. The van der Waals surface area contributed by atoms with E-state index in [0.717, 1.165) is 11.4 Å². The quantitative estimate of drug-likeness (QED) is 0.404.